The van der Waals surface area contributed by atoms with Crippen LogP contribution in [0.3, 0.4) is 0 Å². The minimum absolute atomic E-state index is 0.0598. The van der Waals surface area contributed by atoms with E-state index in [-0.39, 0.29) is 24.0 Å². The number of thiophene rings is 1. The Bertz CT molecular complexity index is 837. The first-order chi connectivity index (χ1) is 14.5. The smallest absolute Gasteiger partial charge is 0.254 e. The molecule has 1 aromatic carbocycles. The van der Waals surface area contributed by atoms with Gasteiger partial charge in [-0.05, 0) is 43.3 Å². The second-order valence-corrected chi connectivity index (χ2v) is 8.56. The molecule has 1 N–H and O–H groups in total. The highest BCUT2D eigenvalue weighted by molar-refractivity contribution is 7.10. The third-order valence-corrected chi connectivity index (χ3v) is 6.11. The van der Waals surface area contributed by atoms with Crippen LogP contribution < -0.4 is 5.32 Å². The lowest BCUT2D eigenvalue weighted by Gasteiger charge is -2.41. The van der Waals surface area contributed by atoms with Crippen LogP contribution in [-0.4, -0.2) is 56.2 Å². The molecule has 1 aliphatic rings. The Balaban J connectivity index is 1.89. The van der Waals surface area contributed by atoms with E-state index in [4.69, 9.17) is 9.47 Å². The Labute approximate surface area is 182 Å². The lowest BCUT2D eigenvalue weighted by atomic mass is 9.81. The summed E-state index contributed by atoms with van der Waals surface area (Å²) in [5.41, 5.74) is 1.37. The summed E-state index contributed by atoms with van der Waals surface area (Å²) in [6.45, 7) is 5.97. The molecule has 2 heterocycles. The van der Waals surface area contributed by atoms with Crippen LogP contribution in [0.25, 0.3) is 0 Å². The highest BCUT2D eigenvalue weighted by atomic mass is 32.1. The average Bonchev–Trinajstić information content (AvgIpc) is 3.26. The van der Waals surface area contributed by atoms with E-state index >= 15 is 0 Å². The van der Waals surface area contributed by atoms with Gasteiger partial charge in [0.15, 0.2) is 0 Å². The number of hydrogen-bond donors (Lipinski definition) is 1. The Morgan fingerprint density at radius 1 is 1.20 bits per heavy atom. The van der Waals surface area contributed by atoms with Crippen molar-refractivity contribution >= 4 is 23.2 Å². The van der Waals surface area contributed by atoms with E-state index in [0.29, 0.717) is 31.9 Å². The molecule has 1 aromatic heterocycles. The molecule has 2 atom stereocenters. The van der Waals surface area contributed by atoms with Gasteiger partial charge < -0.3 is 19.7 Å². The molecule has 162 valence electrons. The van der Waals surface area contributed by atoms with Crippen molar-refractivity contribution in [2.24, 2.45) is 0 Å². The molecule has 1 aliphatic heterocycles. The lowest BCUT2D eigenvalue weighted by molar-refractivity contribution is -0.124. The van der Waals surface area contributed by atoms with Crippen LogP contribution in [0.1, 0.15) is 53.0 Å². The number of fused-ring (bicyclic) bond motifs is 1. The first kappa shape index (κ1) is 22.5. The van der Waals surface area contributed by atoms with Gasteiger partial charge >= 0.3 is 0 Å². The Kier molecular flexibility index (Phi) is 8.01. The van der Waals surface area contributed by atoms with E-state index < -0.39 is 5.92 Å². The second kappa shape index (κ2) is 10.7. The molecule has 0 bridgehead atoms. The summed E-state index contributed by atoms with van der Waals surface area (Å²) in [5, 5.41) is 5.05. The van der Waals surface area contributed by atoms with Crippen LogP contribution in [0.4, 0.5) is 0 Å². The number of nitrogens with one attached hydrogen (secondary N) is 1. The largest absolute Gasteiger partial charge is 0.383 e. The molecule has 2 aromatic rings. The first-order valence-corrected chi connectivity index (χ1v) is 11.2. The van der Waals surface area contributed by atoms with Crippen LogP contribution in [-0.2, 0) is 14.3 Å². The van der Waals surface area contributed by atoms with Crippen molar-refractivity contribution in [1.29, 1.82) is 0 Å². The van der Waals surface area contributed by atoms with Gasteiger partial charge in [0.05, 0.1) is 24.7 Å². The van der Waals surface area contributed by atoms with E-state index in [9.17, 15) is 9.59 Å². The quantitative estimate of drug-likeness (QED) is 0.585. The molecule has 2 amide bonds. The fourth-order valence-corrected chi connectivity index (χ4v) is 4.67. The summed E-state index contributed by atoms with van der Waals surface area (Å²) < 4.78 is 10.8. The van der Waals surface area contributed by atoms with Crippen molar-refractivity contribution in [1.82, 2.24) is 10.2 Å². The van der Waals surface area contributed by atoms with Crippen LogP contribution in [0, 0.1) is 0 Å². The lowest BCUT2D eigenvalue weighted by Crippen LogP contribution is -2.48. The summed E-state index contributed by atoms with van der Waals surface area (Å²) in [6.07, 6.45) is 0.920. The number of carbonyl (C=O) groups is 2. The van der Waals surface area contributed by atoms with E-state index in [0.717, 1.165) is 16.9 Å². The number of hydrogen-bond acceptors (Lipinski definition) is 5. The fraction of sp³-hybridized carbons (Fsp3) is 0.478. The normalized spacial score (nSPS) is 18.5. The number of amides is 2. The third kappa shape index (κ3) is 5.09. The highest BCUT2D eigenvalue weighted by Gasteiger charge is 2.44. The standard InChI is InChI=1S/C23H30N2O4S/c1-16(2)29-13-7-11-24-22(26)20-17-8-4-5-9-18(17)23(27)25(12-14-28-3)21(20)19-10-6-15-30-19/h4-6,8-10,15-16,20-21H,7,11-14H2,1-3H3,(H,24,26)/t20-,21+/m1/s1. The minimum Gasteiger partial charge on any atom is -0.383 e. The maximum Gasteiger partial charge on any atom is 0.254 e. The van der Waals surface area contributed by atoms with Gasteiger partial charge in [0, 0.05) is 37.2 Å². The van der Waals surface area contributed by atoms with E-state index in [1.54, 1.807) is 29.4 Å². The van der Waals surface area contributed by atoms with Gasteiger partial charge in [-0.1, -0.05) is 24.3 Å². The molecular weight excluding hydrogens is 400 g/mol. The van der Waals surface area contributed by atoms with Gasteiger partial charge in [-0.25, -0.2) is 0 Å². The molecular formula is C23H30N2O4S. The second-order valence-electron chi connectivity index (χ2n) is 7.58. The molecule has 3 rings (SSSR count). The van der Waals surface area contributed by atoms with Gasteiger partial charge in [-0.2, -0.15) is 0 Å². The zero-order chi connectivity index (χ0) is 21.5. The molecule has 0 unspecified atom stereocenters. The molecule has 0 radical (unpaired) electrons. The number of nitrogens with zero attached hydrogens (tertiary/aromatic N) is 1. The van der Waals surface area contributed by atoms with Crippen molar-refractivity contribution in [3.8, 4) is 0 Å². The SMILES string of the molecule is COCCN1C(=O)c2ccccc2[C@@H](C(=O)NCCCOC(C)C)[C@@H]1c1cccs1. The van der Waals surface area contributed by atoms with E-state index in [1.807, 2.05) is 49.6 Å². The summed E-state index contributed by atoms with van der Waals surface area (Å²) in [6, 6.07) is 11.0. The Morgan fingerprint density at radius 3 is 2.70 bits per heavy atom. The zero-order valence-corrected chi connectivity index (χ0v) is 18.6. The van der Waals surface area contributed by atoms with E-state index in [1.165, 1.54) is 0 Å². The number of methoxy groups -OCH3 is 1. The molecule has 0 fully saturated rings. The Hall–Kier alpha value is -2.22. The number of ether oxygens (including phenoxy) is 2. The van der Waals surface area contributed by atoms with Gasteiger partial charge in [-0.3, -0.25) is 9.59 Å². The zero-order valence-electron chi connectivity index (χ0n) is 17.8. The topological polar surface area (TPSA) is 67.9 Å². The number of benzene rings is 1. The van der Waals surface area contributed by atoms with Gasteiger partial charge in [0.2, 0.25) is 5.91 Å². The van der Waals surface area contributed by atoms with Crippen molar-refractivity contribution in [2.45, 2.75) is 38.3 Å². The number of rotatable bonds is 10. The monoisotopic (exact) mass is 430 g/mol. The Morgan fingerprint density at radius 2 is 2.00 bits per heavy atom. The summed E-state index contributed by atoms with van der Waals surface area (Å²) >= 11 is 1.56. The predicted octanol–water partition coefficient (Wildman–Crippen LogP) is 3.61. The van der Waals surface area contributed by atoms with E-state index in [2.05, 4.69) is 5.32 Å². The first-order valence-electron chi connectivity index (χ1n) is 10.4. The summed E-state index contributed by atoms with van der Waals surface area (Å²) in [4.78, 5) is 29.4. The van der Waals surface area contributed by atoms with Gasteiger partial charge in [0.25, 0.3) is 5.91 Å². The molecule has 30 heavy (non-hydrogen) atoms. The maximum atomic E-state index is 13.4. The van der Waals surface area contributed by atoms with Crippen molar-refractivity contribution in [2.75, 3.05) is 33.4 Å². The van der Waals surface area contributed by atoms with Crippen molar-refractivity contribution in [3.05, 3.63) is 57.8 Å². The van der Waals surface area contributed by atoms with Crippen molar-refractivity contribution in [3.63, 3.8) is 0 Å². The molecule has 0 spiro atoms. The molecule has 0 saturated carbocycles. The minimum atomic E-state index is -0.472. The van der Waals surface area contributed by atoms with Crippen LogP contribution in [0.5, 0.6) is 0 Å². The fourth-order valence-electron chi connectivity index (χ4n) is 3.80. The van der Waals surface area contributed by atoms with Crippen molar-refractivity contribution < 1.29 is 19.1 Å². The number of carbonyl (C=O) groups excluding carboxylic acids is 2. The van der Waals surface area contributed by atoms with Gasteiger partial charge in [-0.15, -0.1) is 11.3 Å². The predicted molar refractivity (Wildman–Crippen MR) is 118 cm³/mol. The summed E-state index contributed by atoms with van der Waals surface area (Å²) in [7, 11) is 1.62. The van der Waals surface area contributed by atoms with Crippen LogP contribution in [0.15, 0.2) is 41.8 Å². The molecule has 7 heteroatoms. The maximum absolute atomic E-state index is 13.4. The molecule has 0 aliphatic carbocycles. The molecule has 0 saturated heterocycles. The average molecular weight is 431 g/mol. The third-order valence-electron chi connectivity index (χ3n) is 5.16. The summed E-state index contributed by atoms with van der Waals surface area (Å²) in [5.74, 6) is -0.601. The molecule has 6 nitrogen and oxygen atoms in total. The van der Waals surface area contributed by atoms with Crippen LogP contribution >= 0.6 is 11.3 Å². The van der Waals surface area contributed by atoms with Crippen LogP contribution in [0.2, 0.25) is 0 Å². The highest BCUT2D eigenvalue weighted by Crippen LogP contribution is 2.44. The van der Waals surface area contributed by atoms with Gasteiger partial charge in [0.1, 0.15) is 0 Å².